The number of aromatic nitrogens is 1. The lowest BCUT2D eigenvalue weighted by molar-refractivity contribution is -0.659. The molecule has 0 atom stereocenters. The van der Waals surface area contributed by atoms with Crippen molar-refractivity contribution >= 4 is 80.0 Å². The summed E-state index contributed by atoms with van der Waals surface area (Å²) in [5.41, 5.74) is 6.81. The van der Waals surface area contributed by atoms with E-state index in [1.54, 1.807) is 53.3 Å². The van der Waals surface area contributed by atoms with Crippen molar-refractivity contribution in [3.05, 3.63) is 169 Å². The number of anilines is 1. The Hall–Kier alpha value is -4.84. The van der Waals surface area contributed by atoms with E-state index in [0.29, 0.717) is 30.8 Å². The molecule has 54 heavy (non-hydrogen) atoms. The molecular formula is C44H37N2O4S4+. The molecule has 0 bridgehead atoms. The number of hydrogen-bond donors (Lipinski definition) is 1. The third-order valence-electron chi connectivity index (χ3n) is 9.22. The average Bonchev–Trinajstić information content (AvgIpc) is 3.94. The molecule has 0 amide bonds. The van der Waals surface area contributed by atoms with E-state index in [1.807, 2.05) is 66.7 Å². The monoisotopic (exact) mass is 785 g/mol. The van der Waals surface area contributed by atoms with Gasteiger partial charge in [-0.05, 0) is 52.9 Å². The Morgan fingerprint density at radius 1 is 0.926 bits per heavy atom. The van der Waals surface area contributed by atoms with Crippen LogP contribution in [0.2, 0.25) is 0 Å². The number of benzene rings is 4. The minimum Gasteiger partial charge on any atom is -0.497 e. The van der Waals surface area contributed by atoms with Crippen LogP contribution in [0, 0.1) is 0 Å². The number of thiophene rings is 1. The third kappa shape index (κ3) is 7.58. The average molecular weight is 786 g/mol. The van der Waals surface area contributed by atoms with Gasteiger partial charge in [0.1, 0.15) is 22.8 Å². The van der Waals surface area contributed by atoms with Crippen LogP contribution >= 0.6 is 46.2 Å². The summed E-state index contributed by atoms with van der Waals surface area (Å²) in [5.74, 6) is 2.35. The van der Waals surface area contributed by atoms with Crippen LogP contribution in [-0.4, -0.2) is 31.2 Å². The Balaban J connectivity index is 1.15. The molecule has 0 saturated heterocycles. The highest BCUT2D eigenvalue weighted by atomic mass is 32.2. The first-order valence-corrected chi connectivity index (χ1v) is 21.0. The number of hydrogen-bond acceptors (Lipinski definition) is 9. The molecule has 0 saturated carbocycles. The van der Waals surface area contributed by atoms with Gasteiger partial charge in [-0.3, -0.25) is 4.79 Å². The third-order valence-corrected chi connectivity index (χ3v) is 13.7. The van der Waals surface area contributed by atoms with Gasteiger partial charge >= 0.3 is 0 Å². The summed E-state index contributed by atoms with van der Waals surface area (Å²) in [4.78, 5) is 19.6. The van der Waals surface area contributed by atoms with Gasteiger partial charge in [0.2, 0.25) is 5.52 Å². The number of allylic oxidation sites excluding steroid dienone is 3. The normalized spacial score (nSPS) is 15.3. The van der Waals surface area contributed by atoms with Gasteiger partial charge in [-0.2, -0.15) is 4.57 Å². The van der Waals surface area contributed by atoms with Crippen LogP contribution in [0.1, 0.15) is 26.6 Å². The number of fused-ring (bicyclic) bond motifs is 2. The maximum atomic E-state index is 14.3. The Morgan fingerprint density at radius 2 is 1.76 bits per heavy atom. The molecule has 4 aromatic carbocycles. The highest BCUT2D eigenvalue weighted by Gasteiger charge is 2.36. The smallest absolute Gasteiger partial charge is 0.263 e. The largest absolute Gasteiger partial charge is 0.497 e. The van der Waals surface area contributed by atoms with Gasteiger partial charge in [-0.25, -0.2) is 0 Å². The predicted molar refractivity (Wildman–Crippen MR) is 225 cm³/mol. The zero-order valence-electron chi connectivity index (χ0n) is 29.6. The van der Waals surface area contributed by atoms with Crippen molar-refractivity contribution in [3.8, 4) is 11.5 Å². The fourth-order valence-corrected chi connectivity index (χ4v) is 10.6. The van der Waals surface area contributed by atoms with Gasteiger partial charge in [-0.15, -0.1) is 23.1 Å². The maximum Gasteiger partial charge on any atom is 0.263 e. The molecular weight excluding hydrogens is 749 g/mol. The highest BCUT2D eigenvalue weighted by molar-refractivity contribution is 8.04. The number of methoxy groups -OCH3 is 1. The Morgan fingerprint density at radius 3 is 2.52 bits per heavy atom. The zero-order valence-corrected chi connectivity index (χ0v) is 32.8. The second kappa shape index (κ2) is 16.3. The standard InChI is InChI=1S/C44H37N2O4S4/c1-3-29-11-13-30(14-12-29)26-46-38-17-15-32(49-2)22-39(38)54-42(46)25-36-43(48)35(44(36)52-28-34-10-7-21-51-34)24-41-45(19-20-47)37-18-16-33(23-40(37)53-41)50-27-31-8-5-4-6-9-31/h3-18,21-25,47H,1,19-20,26-28H2,2H3/q+1. The number of Topliss-reactive ketones (excluding diaryl/α,β-unsaturated/α-hetero) is 1. The van der Waals surface area contributed by atoms with E-state index in [9.17, 15) is 9.90 Å². The van der Waals surface area contributed by atoms with Crippen LogP contribution in [0.3, 0.4) is 0 Å². The van der Waals surface area contributed by atoms with E-state index in [-0.39, 0.29) is 12.4 Å². The number of ketones is 1. The summed E-state index contributed by atoms with van der Waals surface area (Å²) in [6.45, 7) is 5.42. The van der Waals surface area contributed by atoms with Crippen LogP contribution in [0.15, 0.2) is 147 Å². The molecule has 0 unspecified atom stereocenters. The van der Waals surface area contributed by atoms with Gasteiger partial charge in [0, 0.05) is 61.9 Å². The van der Waals surface area contributed by atoms with Gasteiger partial charge < -0.3 is 19.5 Å². The summed E-state index contributed by atoms with van der Waals surface area (Å²) in [5, 5.41) is 14.1. The number of carbonyl (C=O) groups excluding carboxylic acids is 1. The molecule has 10 heteroatoms. The van der Waals surface area contributed by atoms with Crippen molar-refractivity contribution in [2.75, 3.05) is 25.2 Å². The van der Waals surface area contributed by atoms with Crippen LogP contribution in [-0.2, 0) is 23.7 Å². The molecule has 0 radical (unpaired) electrons. The predicted octanol–water partition coefficient (Wildman–Crippen LogP) is 10.1. The van der Waals surface area contributed by atoms with Gasteiger partial charge in [0.05, 0.1) is 24.4 Å². The van der Waals surface area contributed by atoms with Crippen molar-refractivity contribution in [3.63, 3.8) is 0 Å². The summed E-state index contributed by atoms with van der Waals surface area (Å²) in [6, 6.07) is 34.9. The molecule has 1 N–H and O–H groups in total. The van der Waals surface area contributed by atoms with Crippen LogP contribution in [0.4, 0.5) is 5.69 Å². The quantitative estimate of drug-likeness (QED) is 0.0872. The summed E-state index contributed by atoms with van der Waals surface area (Å²) >= 11 is 6.67. The number of thiazole rings is 1. The van der Waals surface area contributed by atoms with Crippen molar-refractivity contribution in [1.29, 1.82) is 0 Å². The van der Waals surface area contributed by atoms with E-state index in [1.165, 1.54) is 4.88 Å². The Labute approximate surface area is 331 Å². The second-order valence-electron chi connectivity index (χ2n) is 12.7. The van der Waals surface area contributed by atoms with E-state index in [4.69, 9.17) is 9.47 Å². The molecule has 2 aliphatic rings. The molecule has 0 spiro atoms. The van der Waals surface area contributed by atoms with Crippen molar-refractivity contribution in [2.24, 2.45) is 0 Å². The fraction of sp³-hybridized carbons (Fsp3) is 0.136. The second-order valence-corrected chi connectivity index (χ2v) is 16.8. The van der Waals surface area contributed by atoms with Crippen LogP contribution in [0.5, 0.6) is 11.5 Å². The number of aliphatic hydroxyl groups excluding tert-OH is 1. The molecule has 3 heterocycles. The van der Waals surface area contributed by atoms with E-state index >= 15 is 0 Å². The Bertz CT molecular complexity index is 2430. The van der Waals surface area contributed by atoms with Crippen molar-refractivity contribution in [2.45, 2.75) is 23.8 Å². The number of thioether (sulfide) groups is 2. The minimum atomic E-state index is -0.0191. The number of ether oxygens (including phenoxy) is 2. The van der Waals surface area contributed by atoms with Crippen molar-refractivity contribution < 1.29 is 23.9 Å². The zero-order chi connectivity index (χ0) is 37.0. The van der Waals surface area contributed by atoms with Crippen LogP contribution < -0.4 is 18.9 Å². The molecule has 6 nitrogen and oxygen atoms in total. The molecule has 270 valence electrons. The first kappa shape index (κ1) is 36.2. The fourth-order valence-electron chi connectivity index (χ4n) is 6.42. The Kier molecular flexibility index (Phi) is 10.9. The van der Waals surface area contributed by atoms with E-state index < -0.39 is 0 Å². The number of aliphatic hydroxyl groups is 1. The number of rotatable bonds is 14. The lowest BCUT2D eigenvalue weighted by Gasteiger charge is -2.25. The molecule has 0 fully saturated rings. The SMILES string of the molecule is C=Cc1ccc(C[n+]2c(/C=C3/C(=O)C(/C=C4/Sc5cc(OCc6ccccc6)ccc5N4CCO)=C3SCc3cccs3)sc3cc(OC)ccc32)cc1. The molecule has 6 aromatic rings. The van der Waals surface area contributed by atoms with E-state index in [2.05, 4.69) is 76.0 Å². The lowest BCUT2D eigenvalue weighted by atomic mass is 9.89. The summed E-state index contributed by atoms with van der Waals surface area (Å²) < 4.78 is 15.1. The van der Waals surface area contributed by atoms with Crippen LogP contribution in [0.25, 0.3) is 22.4 Å². The number of carbonyl (C=O) groups is 1. The number of β-amino-alcohol motifs (C(OH)–C–C–N with tert-alkyl or cyclic N) is 1. The molecule has 1 aliphatic heterocycles. The van der Waals surface area contributed by atoms with Gasteiger partial charge in [0.25, 0.3) is 5.01 Å². The summed E-state index contributed by atoms with van der Waals surface area (Å²) in [7, 11) is 1.68. The topological polar surface area (TPSA) is 62.9 Å². The number of nitrogens with zero attached hydrogens (tertiary/aromatic N) is 2. The molecule has 8 rings (SSSR count). The van der Waals surface area contributed by atoms with E-state index in [0.717, 1.165) is 69.7 Å². The maximum absolute atomic E-state index is 14.3. The van der Waals surface area contributed by atoms with Gasteiger partial charge in [-0.1, -0.05) is 96.4 Å². The molecule has 1 aliphatic carbocycles. The minimum absolute atomic E-state index is 0.0143. The lowest BCUT2D eigenvalue weighted by Crippen LogP contribution is -2.36. The van der Waals surface area contributed by atoms with Crippen molar-refractivity contribution in [1.82, 2.24) is 0 Å². The van der Waals surface area contributed by atoms with Gasteiger partial charge in [0.15, 0.2) is 12.3 Å². The summed E-state index contributed by atoms with van der Waals surface area (Å²) in [6.07, 6.45) is 5.92. The highest BCUT2D eigenvalue weighted by Crippen LogP contribution is 2.50. The molecule has 2 aromatic heterocycles. The first-order chi connectivity index (χ1) is 26.5. The first-order valence-electron chi connectivity index (χ1n) is 17.5.